The number of aryl methyl sites for hydroxylation is 2. The first kappa shape index (κ1) is 30.4. The Bertz CT molecular complexity index is 1250. The predicted octanol–water partition coefficient (Wildman–Crippen LogP) is 8.72. The van der Waals surface area contributed by atoms with E-state index >= 15 is 0 Å². The van der Waals surface area contributed by atoms with Crippen LogP contribution in [-0.4, -0.2) is 22.8 Å². The van der Waals surface area contributed by atoms with Gasteiger partial charge >= 0.3 is 5.97 Å². The van der Waals surface area contributed by atoms with E-state index in [4.69, 9.17) is 9.84 Å². The highest BCUT2D eigenvalue weighted by atomic mass is 16.5. The Kier molecular flexibility index (Phi) is 10.4. The molecule has 0 atom stereocenters. The Hall–Kier alpha value is -3.11. The van der Waals surface area contributed by atoms with Crippen LogP contribution < -0.4 is 4.74 Å². The van der Waals surface area contributed by atoms with Gasteiger partial charge < -0.3 is 14.9 Å². The van der Waals surface area contributed by atoms with Gasteiger partial charge in [0.05, 0.1) is 12.2 Å². The molecule has 3 aromatic carbocycles. The molecule has 0 aliphatic heterocycles. The summed E-state index contributed by atoms with van der Waals surface area (Å²) in [5.41, 5.74) is 7.32. The lowest BCUT2D eigenvalue weighted by atomic mass is 9.69. The molecule has 0 aromatic heterocycles. The van der Waals surface area contributed by atoms with Gasteiger partial charge in [-0.1, -0.05) is 76.2 Å². The molecule has 0 fully saturated rings. The lowest BCUT2D eigenvalue weighted by Gasteiger charge is -2.34. The summed E-state index contributed by atoms with van der Waals surface area (Å²) >= 11 is 0. The smallest absolute Gasteiger partial charge is 0.303 e. The SMILES string of the molecule is CCC(O)(CC)c1cccc(-c2ccc(C(CC)(CC)c3ccc(OCCCCC(=O)O)c(C)c3)cc2C)c1. The second-order valence-electron chi connectivity index (χ2n) is 10.8. The van der Waals surface area contributed by atoms with E-state index in [1.54, 1.807) is 0 Å². The Labute approximate surface area is 235 Å². The van der Waals surface area contributed by atoms with Gasteiger partial charge in [0, 0.05) is 11.8 Å². The van der Waals surface area contributed by atoms with Crippen molar-refractivity contribution in [3.05, 3.63) is 88.5 Å². The quantitative estimate of drug-likeness (QED) is 0.205. The number of rotatable bonds is 14. The van der Waals surface area contributed by atoms with Crippen molar-refractivity contribution in [2.24, 2.45) is 0 Å². The van der Waals surface area contributed by atoms with Gasteiger partial charge in [-0.05, 0) is 103 Å². The van der Waals surface area contributed by atoms with E-state index in [0.717, 1.165) is 41.7 Å². The van der Waals surface area contributed by atoms with Crippen LogP contribution in [0.25, 0.3) is 11.1 Å². The molecule has 3 aromatic rings. The van der Waals surface area contributed by atoms with E-state index < -0.39 is 11.6 Å². The fourth-order valence-corrected chi connectivity index (χ4v) is 5.82. The lowest BCUT2D eigenvalue weighted by Crippen LogP contribution is -2.26. The normalized spacial score (nSPS) is 12.0. The number of aliphatic hydroxyl groups is 1. The topological polar surface area (TPSA) is 66.8 Å². The third kappa shape index (κ3) is 6.73. The van der Waals surface area contributed by atoms with Gasteiger partial charge in [-0.2, -0.15) is 0 Å². The Balaban J connectivity index is 1.90. The third-order valence-electron chi connectivity index (χ3n) is 8.64. The minimum Gasteiger partial charge on any atom is -0.493 e. The van der Waals surface area contributed by atoms with Crippen LogP contribution in [0.5, 0.6) is 5.75 Å². The van der Waals surface area contributed by atoms with Crippen molar-refractivity contribution < 1.29 is 19.7 Å². The molecular weight excluding hydrogens is 484 g/mol. The van der Waals surface area contributed by atoms with Crippen LogP contribution in [0, 0.1) is 13.8 Å². The number of carboxylic acid groups (broad SMARTS) is 1. The standard InChI is InChI=1S/C35H46O4/c1-7-34(8-2,29-18-20-32(26(6)23-29)39-21-12-11-16-33(36)37)28-17-19-31(25(5)22-28)27-14-13-15-30(24-27)35(38,9-3)10-4/h13-15,17-20,22-24,38H,7-12,16,21H2,1-6H3,(H,36,37). The molecule has 0 amide bonds. The van der Waals surface area contributed by atoms with Crippen molar-refractivity contribution in [1.82, 2.24) is 0 Å². The number of aliphatic carboxylic acids is 1. The highest BCUT2D eigenvalue weighted by Crippen LogP contribution is 2.42. The van der Waals surface area contributed by atoms with Gasteiger partial charge in [-0.3, -0.25) is 4.79 Å². The number of carboxylic acids is 1. The maximum atomic E-state index is 11.1. The minimum atomic E-state index is -0.796. The highest BCUT2D eigenvalue weighted by molar-refractivity contribution is 5.69. The van der Waals surface area contributed by atoms with Gasteiger partial charge in [0.15, 0.2) is 0 Å². The summed E-state index contributed by atoms with van der Waals surface area (Å²) in [7, 11) is 0. The monoisotopic (exact) mass is 530 g/mol. The van der Waals surface area contributed by atoms with Gasteiger partial charge in [-0.15, -0.1) is 0 Å². The summed E-state index contributed by atoms with van der Waals surface area (Å²) in [6, 6.07) is 21.7. The predicted molar refractivity (Wildman–Crippen MR) is 161 cm³/mol. The molecule has 0 aliphatic carbocycles. The molecule has 0 radical (unpaired) electrons. The van der Waals surface area contributed by atoms with Crippen LogP contribution in [0.1, 0.15) is 100 Å². The number of hydrogen-bond donors (Lipinski definition) is 2. The summed E-state index contributed by atoms with van der Waals surface area (Å²) in [5.74, 6) is 0.101. The van der Waals surface area contributed by atoms with E-state index in [1.807, 2.05) is 19.9 Å². The molecule has 210 valence electrons. The largest absolute Gasteiger partial charge is 0.493 e. The lowest BCUT2D eigenvalue weighted by molar-refractivity contribution is -0.137. The molecule has 0 heterocycles. The Morgan fingerprint density at radius 1 is 0.769 bits per heavy atom. The molecular formula is C35H46O4. The molecule has 2 N–H and O–H groups in total. The van der Waals surface area contributed by atoms with E-state index in [-0.39, 0.29) is 11.8 Å². The number of ether oxygens (including phenoxy) is 1. The summed E-state index contributed by atoms with van der Waals surface area (Å²) < 4.78 is 5.98. The number of benzene rings is 3. The minimum absolute atomic E-state index is 0.111. The first-order chi connectivity index (χ1) is 18.6. The van der Waals surface area contributed by atoms with E-state index in [1.165, 1.54) is 22.3 Å². The molecule has 3 rings (SSSR count). The van der Waals surface area contributed by atoms with Gasteiger partial charge in [0.1, 0.15) is 5.75 Å². The molecule has 4 nitrogen and oxygen atoms in total. The Morgan fingerprint density at radius 3 is 1.97 bits per heavy atom. The van der Waals surface area contributed by atoms with Crippen LogP contribution in [0.3, 0.4) is 0 Å². The molecule has 0 saturated heterocycles. The van der Waals surface area contributed by atoms with Gasteiger partial charge in [0.2, 0.25) is 0 Å². The summed E-state index contributed by atoms with van der Waals surface area (Å²) in [6.07, 6.45) is 4.87. The summed E-state index contributed by atoms with van der Waals surface area (Å²) in [6.45, 7) is 13.4. The average Bonchev–Trinajstić information content (AvgIpc) is 2.94. The van der Waals surface area contributed by atoms with E-state index in [0.29, 0.717) is 25.9 Å². The molecule has 0 bridgehead atoms. The van der Waals surface area contributed by atoms with Crippen LogP contribution in [0.2, 0.25) is 0 Å². The molecule has 0 spiro atoms. The zero-order valence-corrected chi connectivity index (χ0v) is 24.6. The maximum Gasteiger partial charge on any atom is 0.303 e. The van der Waals surface area contributed by atoms with Crippen molar-refractivity contribution in [2.75, 3.05) is 6.61 Å². The van der Waals surface area contributed by atoms with Crippen LogP contribution in [0.15, 0.2) is 60.7 Å². The van der Waals surface area contributed by atoms with Crippen LogP contribution in [-0.2, 0) is 15.8 Å². The zero-order valence-electron chi connectivity index (χ0n) is 24.6. The molecule has 0 saturated carbocycles. The van der Waals surface area contributed by atoms with Crippen LogP contribution in [0.4, 0.5) is 0 Å². The summed E-state index contributed by atoms with van der Waals surface area (Å²) in [5, 5.41) is 19.9. The molecule has 0 aliphatic rings. The molecule has 0 unspecified atom stereocenters. The fraction of sp³-hybridized carbons (Fsp3) is 0.457. The number of hydrogen-bond acceptors (Lipinski definition) is 3. The van der Waals surface area contributed by atoms with Gasteiger partial charge in [0.25, 0.3) is 0 Å². The maximum absolute atomic E-state index is 11.1. The average molecular weight is 531 g/mol. The highest BCUT2D eigenvalue weighted by Gasteiger charge is 2.32. The second kappa shape index (κ2) is 13.3. The number of carbonyl (C=O) groups is 1. The second-order valence-corrected chi connectivity index (χ2v) is 10.8. The molecule has 39 heavy (non-hydrogen) atoms. The van der Waals surface area contributed by atoms with Crippen molar-refractivity contribution in [3.63, 3.8) is 0 Å². The van der Waals surface area contributed by atoms with Crippen molar-refractivity contribution in [3.8, 4) is 16.9 Å². The first-order valence-electron chi connectivity index (χ1n) is 14.5. The third-order valence-corrected chi connectivity index (χ3v) is 8.64. The van der Waals surface area contributed by atoms with Gasteiger partial charge in [-0.25, -0.2) is 0 Å². The van der Waals surface area contributed by atoms with E-state index in [2.05, 4.69) is 82.3 Å². The van der Waals surface area contributed by atoms with Crippen molar-refractivity contribution in [1.29, 1.82) is 0 Å². The van der Waals surface area contributed by atoms with E-state index in [9.17, 15) is 9.90 Å². The van der Waals surface area contributed by atoms with Crippen LogP contribution >= 0.6 is 0 Å². The molecule has 4 heteroatoms. The van der Waals surface area contributed by atoms with Crippen molar-refractivity contribution in [2.45, 2.75) is 97.5 Å². The summed E-state index contributed by atoms with van der Waals surface area (Å²) in [4.78, 5) is 10.7. The fourth-order valence-electron chi connectivity index (χ4n) is 5.82. The number of unbranched alkanes of at least 4 members (excludes halogenated alkanes) is 1. The Morgan fingerprint density at radius 2 is 1.41 bits per heavy atom. The first-order valence-corrected chi connectivity index (χ1v) is 14.5. The zero-order chi connectivity index (χ0) is 28.6. The van der Waals surface area contributed by atoms with Crippen molar-refractivity contribution >= 4 is 5.97 Å².